The molecule has 2 aromatic rings. The fourth-order valence-electron chi connectivity index (χ4n) is 4.75. The van der Waals surface area contributed by atoms with E-state index in [1.54, 1.807) is 11.8 Å². The van der Waals surface area contributed by atoms with E-state index < -0.39 is 23.3 Å². The Labute approximate surface area is 207 Å². The van der Waals surface area contributed by atoms with Gasteiger partial charge in [0.1, 0.15) is 12.1 Å². The van der Waals surface area contributed by atoms with Crippen LogP contribution >= 0.6 is 23.5 Å². The molecule has 2 amide bonds. The Morgan fingerprint density at radius 1 is 1.15 bits per heavy atom. The molecule has 9 heteroatoms. The van der Waals surface area contributed by atoms with E-state index >= 15 is 0 Å². The van der Waals surface area contributed by atoms with Gasteiger partial charge in [-0.15, -0.1) is 11.8 Å². The number of hydrogen-bond acceptors (Lipinski definition) is 6. The molecule has 0 bridgehead atoms. The van der Waals surface area contributed by atoms with Crippen molar-refractivity contribution in [1.29, 1.82) is 0 Å². The summed E-state index contributed by atoms with van der Waals surface area (Å²) in [6, 6.07) is 12.1. The maximum atomic E-state index is 13.4. The Hall–Kier alpha value is -2.52. The van der Waals surface area contributed by atoms with Crippen molar-refractivity contribution in [2.45, 2.75) is 61.7 Å². The molecule has 0 saturated carbocycles. The smallest absolute Gasteiger partial charge is 0.326 e. The van der Waals surface area contributed by atoms with Gasteiger partial charge in [-0.2, -0.15) is 0 Å². The fourth-order valence-corrected chi connectivity index (χ4v) is 6.98. The van der Waals surface area contributed by atoms with Crippen LogP contribution in [0.1, 0.15) is 38.2 Å². The van der Waals surface area contributed by atoms with Crippen LogP contribution in [0.2, 0.25) is 0 Å². The second-order valence-corrected chi connectivity index (χ2v) is 11.3. The van der Waals surface area contributed by atoms with Gasteiger partial charge in [0.05, 0.1) is 10.6 Å². The minimum absolute atomic E-state index is 0.176. The molecule has 0 spiro atoms. The van der Waals surface area contributed by atoms with Gasteiger partial charge in [-0.25, -0.2) is 4.79 Å². The third-order valence-corrected chi connectivity index (χ3v) is 8.65. The first-order valence-corrected chi connectivity index (χ1v) is 13.4. The molecule has 2 aliphatic heterocycles. The predicted octanol–water partition coefficient (Wildman–Crippen LogP) is 3.44. The number of aliphatic carboxylic acids is 1. The van der Waals surface area contributed by atoms with Gasteiger partial charge in [0.15, 0.2) is 5.12 Å². The summed E-state index contributed by atoms with van der Waals surface area (Å²) in [5, 5.41) is 13.6. The molecule has 180 valence electrons. The van der Waals surface area contributed by atoms with Gasteiger partial charge in [0, 0.05) is 6.92 Å². The number of rotatable bonds is 6. The van der Waals surface area contributed by atoms with Crippen LogP contribution in [-0.2, 0) is 25.6 Å². The lowest BCUT2D eigenvalue weighted by atomic mass is 9.99. The Morgan fingerprint density at radius 2 is 1.91 bits per heavy atom. The molecule has 0 radical (unpaired) electrons. The predicted molar refractivity (Wildman–Crippen MR) is 135 cm³/mol. The SMILES string of the molecule is CC(=O)SC(Cc1cccc2ccccc12)C(=O)NC1CCSC2CCCC(C(=O)O)N2C1=O. The van der Waals surface area contributed by atoms with Gasteiger partial charge in [-0.3, -0.25) is 14.4 Å². The Balaban J connectivity index is 1.54. The van der Waals surface area contributed by atoms with Crippen molar-refractivity contribution in [1.82, 2.24) is 10.2 Å². The molecule has 2 fully saturated rings. The highest BCUT2D eigenvalue weighted by Crippen LogP contribution is 2.34. The lowest BCUT2D eigenvalue weighted by molar-refractivity contribution is -0.154. The molecule has 4 unspecified atom stereocenters. The van der Waals surface area contributed by atoms with Crippen molar-refractivity contribution < 1.29 is 24.3 Å². The first-order valence-electron chi connectivity index (χ1n) is 11.5. The van der Waals surface area contributed by atoms with E-state index in [1.165, 1.54) is 11.8 Å². The normalized spacial score (nSPS) is 23.6. The van der Waals surface area contributed by atoms with Crippen LogP contribution in [0.25, 0.3) is 10.8 Å². The summed E-state index contributed by atoms with van der Waals surface area (Å²) >= 11 is 2.54. The van der Waals surface area contributed by atoms with Gasteiger partial charge >= 0.3 is 5.97 Å². The maximum absolute atomic E-state index is 13.4. The highest BCUT2D eigenvalue weighted by Gasteiger charge is 2.43. The van der Waals surface area contributed by atoms with Crippen LogP contribution in [-0.4, -0.2) is 61.4 Å². The number of hydrogen-bond donors (Lipinski definition) is 2. The molecule has 4 rings (SSSR count). The fraction of sp³-hybridized carbons (Fsp3) is 0.440. The summed E-state index contributed by atoms with van der Waals surface area (Å²) in [5.74, 6) is -1.07. The number of piperidine rings is 1. The average Bonchev–Trinajstić information content (AvgIpc) is 2.97. The molecule has 34 heavy (non-hydrogen) atoms. The molecule has 7 nitrogen and oxygen atoms in total. The van der Waals surface area contributed by atoms with E-state index in [4.69, 9.17) is 0 Å². The number of carbonyl (C=O) groups excluding carboxylic acids is 3. The van der Waals surface area contributed by atoms with Gasteiger partial charge in [-0.05, 0) is 54.2 Å². The lowest BCUT2D eigenvalue weighted by Gasteiger charge is -2.39. The maximum Gasteiger partial charge on any atom is 0.326 e. The Bertz CT molecular complexity index is 1100. The quantitative estimate of drug-likeness (QED) is 0.626. The molecule has 2 aromatic carbocycles. The van der Waals surface area contributed by atoms with E-state index in [2.05, 4.69) is 5.32 Å². The van der Waals surface area contributed by atoms with Crippen LogP contribution in [0.4, 0.5) is 0 Å². The van der Waals surface area contributed by atoms with E-state index in [9.17, 15) is 24.3 Å². The molecular formula is C25H28N2O5S2. The van der Waals surface area contributed by atoms with Crippen LogP contribution in [0, 0.1) is 0 Å². The number of fused-ring (bicyclic) bond motifs is 2. The number of carboxylic acids is 1. The second-order valence-electron chi connectivity index (χ2n) is 8.65. The summed E-state index contributed by atoms with van der Waals surface area (Å²) in [6.07, 6.45) is 2.71. The van der Waals surface area contributed by atoms with E-state index in [0.717, 1.165) is 40.9 Å². The van der Waals surface area contributed by atoms with E-state index in [-0.39, 0.29) is 22.3 Å². The van der Waals surface area contributed by atoms with Gasteiger partial charge in [-0.1, -0.05) is 54.2 Å². The highest BCUT2D eigenvalue weighted by atomic mass is 32.2. The van der Waals surface area contributed by atoms with Gasteiger partial charge < -0.3 is 15.3 Å². The number of nitrogens with one attached hydrogen (secondary N) is 1. The first kappa shape index (κ1) is 24.6. The van der Waals surface area contributed by atoms with Crippen molar-refractivity contribution in [2.75, 3.05) is 5.75 Å². The average molecular weight is 501 g/mol. The number of amides is 2. The van der Waals surface area contributed by atoms with Crippen molar-refractivity contribution in [3.8, 4) is 0 Å². The Morgan fingerprint density at radius 3 is 2.68 bits per heavy atom. The zero-order chi connectivity index (χ0) is 24.2. The van der Waals surface area contributed by atoms with Gasteiger partial charge in [0.25, 0.3) is 0 Å². The lowest BCUT2D eigenvalue weighted by Crippen LogP contribution is -2.57. The van der Waals surface area contributed by atoms with E-state index in [1.807, 2.05) is 42.5 Å². The largest absolute Gasteiger partial charge is 0.480 e. The summed E-state index contributed by atoms with van der Waals surface area (Å²) < 4.78 is 0. The third kappa shape index (κ3) is 5.41. The van der Waals surface area contributed by atoms with Crippen LogP contribution in [0.15, 0.2) is 42.5 Å². The molecular weight excluding hydrogens is 472 g/mol. The van der Waals surface area contributed by atoms with Crippen LogP contribution in [0.5, 0.6) is 0 Å². The van der Waals surface area contributed by atoms with Crippen LogP contribution in [0.3, 0.4) is 0 Å². The summed E-state index contributed by atoms with van der Waals surface area (Å²) in [7, 11) is 0. The summed E-state index contributed by atoms with van der Waals surface area (Å²) in [6.45, 7) is 1.43. The number of benzene rings is 2. The standard InChI is InChI=1S/C25H28N2O5S2/c1-15(28)34-21(14-17-8-4-7-16-6-2-3-9-18(16)17)23(29)26-19-12-13-33-22-11-5-10-20(25(31)32)27(22)24(19)30/h2-4,6-9,19-22H,5,10-14H2,1H3,(H,26,29)(H,31,32). The van der Waals surface area contributed by atoms with Crippen molar-refractivity contribution in [3.05, 3.63) is 48.0 Å². The highest BCUT2D eigenvalue weighted by molar-refractivity contribution is 8.14. The van der Waals surface area contributed by atoms with Crippen molar-refractivity contribution in [3.63, 3.8) is 0 Å². The zero-order valence-corrected chi connectivity index (χ0v) is 20.6. The second kappa shape index (κ2) is 10.8. The number of thioether (sulfide) groups is 2. The molecule has 2 saturated heterocycles. The van der Waals surface area contributed by atoms with E-state index in [0.29, 0.717) is 25.0 Å². The van der Waals surface area contributed by atoms with Gasteiger partial charge in [0.2, 0.25) is 11.8 Å². The monoisotopic (exact) mass is 500 g/mol. The summed E-state index contributed by atoms with van der Waals surface area (Å²) in [4.78, 5) is 51.9. The topological polar surface area (TPSA) is 104 Å². The molecule has 2 aliphatic rings. The number of carbonyl (C=O) groups is 4. The minimum atomic E-state index is -1.01. The van der Waals surface area contributed by atoms with Crippen molar-refractivity contribution >= 4 is 57.2 Å². The third-order valence-electron chi connectivity index (χ3n) is 6.33. The molecule has 4 atom stereocenters. The number of carboxylic acid groups (broad SMARTS) is 1. The molecule has 0 aliphatic carbocycles. The molecule has 2 N–H and O–H groups in total. The zero-order valence-electron chi connectivity index (χ0n) is 18.9. The molecule has 2 heterocycles. The number of nitrogens with zero attached hydrogens (tertiary/aromatic N) is 1. The molecule has 0 aromatic heterocycles. The van der Waals surface area contributed by atoms with Crippen molar-refractivity contribution in [2.24, 2.45) is 0 Å². The minimum Gasteiger partial charge on any atom is -0.480 e. The van der Waals surface area contributed by atoms with Crippen LogP contribution < -0.4 is 5.32 Å². The first-order chi connectivity index (χ1) is 16.3. The Kier molecular flexibility index (Phi) is 7.83. The summed E-state index contributed by atoms with van der Waals surface area (Å²) in [5.41, 5.74) is 0.955.